The van der Waals surface area contributed by atoms with E-state index in [4.69, 9.17) is 0 Å². The van der Waals surface area contributed by atoms with Crippen molar-refractivity contribution in [3.05, 3.63) is 24.2 Å². The number of nitrogens with zero attached hydrogens (tertiary/aromatic N) is 2. The van der Waals surface area contributed by atoms with Gasteiger partial charge in [-0.1, -0.05) is 0 Å². The zero-order valence-electron chi connectivity index (χ0n) is 10.1. The summed E-state index contributed by atoms with van der Waals surface area (Å²) >= 11 is 0. The molecule has 0 aliphatic heterocycles. The van der Waals surface area contributed by atoms with Crippen molar-refractivity contribution in [1.82, 2.24) is 9.55 Å². The molecule has 3 nitrogen and oxygen atoms in total. The number of rotatable bonds is 3. The van der Waals surface area contributed by atoms with Gasteiger partial charge in [0.15, 0.2) is 0 Å². The summed E-state index contributed by atoms with van der Waals surface area (Å²) in [6.45, 7) is 3.12. The van der Waals surface area contributed by atoms with Crippen LogP contribution in [-0.4, -0.2) is 20.0 Å². The Bertz CT molecular complexity index is 599. The second-order valence-electron chi connectivity index (χ2n) is 4.82. The van der Waals surface area contributed by atoms with E-state index in [-0.39, 0.29) is 0 Å². The predicted octanol–water partition coefficient (Wildman–Crippen LogP) is 2.49. The zero-order chi connectivity index (χ0) is 12.0. The van der Waals surface area contributed by atoms with Crippen molar-refractivity contribution in [3.8, 4) is 0 Å². The maximum absolute atomic E-state index is 11.9. The monoisotopic (exact) mass is 248 g/mol. The molecular weight excluding hydrogens is 232 g/mol. The molecule has 1 aliphatic rings. The molecule has 0 aromatic carbocycles. The van der Waals surface area contributed by atoms with Crippen LogP contribution >= 0.6 is 0 Å². The van der Waals surface area contributed by atoms with Crippen molar-refractivity contribution in [1.29, 1.82) is 0 Å². The Labute approximate surface area is 103 Å². The molecule has 2 heterocycles. The van der Waals surface area contributed by atoms with E-state index in [0.717, 1.165) is 34.0 Å². The van der Waals surface area contributed by atoms with Gasteiger partial charge in [0.25, 0.3) is 0 Å². The van der Waals surface area contributed by atoms with Crippen LogP contribution in [0.4, 0.5) is 0 Å². The minimum Gasteiger partial charge on any atom is -0.342 e. The normalized spacial score (nSPS) is 17.5. The Kier molecular flexibility index (Phi) is 2.54. The summed E-state index contributed by atoms with van der Waals surface area (Å²) in [5.41, 5.74) is 2.27. The second-order valence-corrected chi connectivity index (χ2v) is 6.13. The Morgan fingerprint density at radius 1 is 1.53 bits per heavy atom. The molecule has 1 aliphatic carbocycles. The molecule has 1 unspecified atom stereocenters. The van der Waals surface area contributed by atoms with Crippen molar-refractivity contribution in [2.45, 2.75) is 31.2 Å². The summed E-state index contributed by atoms with van der Waals surface area (Å²) in [5.74, 6) is 0.808. The Morgan fingerprint density at radius 2 is 2.29 bits per heavy atom. The van der Waals surface area contributed by atoms with E-state index in [9.17, 15) is 4.21 Å². The topological polar surface area (TPSA) is 34.9 Å². The molecule has 0 N–H and O–H groups in total. The third kappa shape index (κ3) is 1.80. The van der Waals surface area contributed by atoms with E-state index in [1.807, 2.05) is 12.3 Å². The highest BCUT2D eigenvalue weighted by atomic mass is 32.2. The molecule has 90 valence electrons. The molecule has 1 atom stereocenters. The third-order valence-corrected chi connectivity index (χ3v) is 4.58. The van der Waals surface area contributed by atoms with E-state index >= 15 is 0 Å². The van der Waals surface area contributed by atoms with Gasteiger partial charge < -0.3 is 4.57 Å². The maximum Gasteiger partial charge on any atom is 0.0681 e. The van der Waals surface area contributed by atoms with E-state index < -0.39 is 10.8 Å². The first-order valence-electron chi connectivity index (χ1n) is 5.94. The Balaban J connectivity index is 2.25. The number of pyridine rings is 1. The largest absolute Gasteiger partial charge is 0.342 e. The van der Waals surface area contributed by atoms with Gasteiger partial charge in [-0.25, -0.2) is 0 Å². The SMILES string of the molecule is Cc1c(S(C)=O)c2ccncc2n1CC1CC1. The van der Waals surface area contributed by atoms with E-state index in [1.54, 1.807) is 12.5 Å². The van der Waals surface area contributed by atoms with Crippen molar-refractivity contribution in [3.63, 3.8) is 0 Å². The van der Waals surface area contributed by atoms with Crippen LogP contribution in [0.25, 0.3) is 10.9 Å². The summed E-state index contributed by atoms with van der Waals surface area (Å²) in [5, 5.41) is 1.10. The minimum atomic E-state index is -0.937. The average Bonchev–Trinajstić information content (AvgIpc) is 3.05. The third-order valence-electron chi connectivity index (χ3n) is 3.49. The molecule has 0 bridgehead atoms. The first-order chi connectivity index (χ1) is 8.18. The molecule has 0 radical (unpaired) electrons. The van der Waals surface area contributed by atoms with E-state index in [2.05, 4.69) is 16.5 Å². The van der Waals surface area contributed by atoms with Crippen molar-refractivity contribution in [2.75, 3.05) is 6.26 Å². The second kappa shape index (κ2) is 3.95. The highest BCUT2D eigenvalue weighted by Crippen LogP contribution is 2.35. The highest BCUT2D eigenvalue weighted by molar-refractivity contribution is 7.84. The molecule has 1 fully saturated rings. The number of hydrogen-bond acceptors (Lipinski definition) is 2. The van der Waals surface area contributed by atoms with Crippen molar-refractivity contribution < 1.29 is 4.21 Å². The molecule has 1 saturated carbocycles. The van der Waals surface area contributed by atoms with Gasteiger partial charge in [-0.2, -0.15) is 0 Å². The van der Waals surface area contributed by atoms with Gasteiger partial charge in [-0.15, -0.1) is 0 Å². The van der Waals surface area contributed by atoms with Crippen LogP contribution in [0.3, 0.4) is 0 Å². The average molecular weight is 248 g/mol. The molecule has 0 saturated heterocycles. The summed E-state index contributed by atoms with van der Waals surface area (Å²) in [4.78, 5) is 5.17. The fourth-order valence-electron chi connectivity index (χ4n) is 2.45. The first-order valence-corrected chi connectivity index (χ1v) is 7.50. The lowest BCUT2D eigenvalue weighted by Gasteiger charge is -2.06. The van der Waals surface area contributed by atoms with Crippen LogP contribution < -0.4 is 0 Å². The smallest absolute Gasteiger partial charge is 0.0681 e. The van der Waals surface area contributed by atoms with Crippen LogP contribution in [0.2, 0.25) is 0 Å². The minimum absolute atomic E-state index is 0.808. The molecule has 0 amide bonds. The van der Waals surface area contributed by atoms with Crippen LogP contribution in [0.15, 0.2) is 23.4 Å². The van der Waals surface area contributed by atoms with E-state index in [0.29, 0.717) is 0 Å². The molecule has 2 aromatic heterocycles. The van der Waals surface area contributed by atoms with E-state index in [1.165, 1.54) is 12.8 Å². The molecule has 4 heteroatoms. The molecule has 2 aromatic rings. The van der Waals surface area contributed by atoms with Gasteiger partial charge in [0.05, 0.1) is 27.4 Å². The van der Waals surface area contributed by atoms with Crippen LogP contribution in [0.1, 0.15) is 18.5 Å². The molecular formula is C13H16N2OS. The van der Waals surface area contributed by atoms with Crippen LogP contribution in [0, 0.1) is 12.8 Å². The lowest BCUT2D eigenvalue weighted by molar-refractivity contribution is 0.627. The maximum atomic E-state index is 11.9. The Morgan fingerprint density at radius 3 is 2.94 bits per heavy atom. The van der Waals surface area contributed by atoms with Gasteiger partial charge in [0.1, 0.15) is 0 Å². The Hall–Kier alpha value is -1.16. The van der Waals surface area contributed by atoms with Gasteiger partial charge in [0, 0.05) is 30.1 Å². The van der Waals surface area contributed by atoms with Crippen molar-refractivity contribution >= 4 is 21.7 Å². The summed E-state index contributed by atoms with van der Waals surface area (Å²) in [6.07, 6.45) is 8.07. The number of hydrogen-bond donors (Lipinski definition) is 0. The highest BCUT2D eigenvalue weighted by Gasteiger charge is 2.25. The quantitative estimate of drug-likeness (QED) is 0.836. The summed E-state index contributed by atoms with van der Waals surface area (Å²) < 4.78 is 14.2. The van der Waals surface area contributed by atoms with Gasteiger partial charge in [-0.05, 0) is 31.7 Å². The lowest BCUT2D eigenvalue weighted by atomic mass is 10.3. The fourth-order valence-corrected chi connectivity index (χ4v) is 3.46. The van der Waals surface area contributed by atoms with Gasteiger partial charge in [0.2, 0.25) is 0 Å². The van der Waals surface area contributed by atoms with Crippen LogP contribution in [0.5, 0.6) is 0 Å². The molecule has 0 spiro atoms. The number of aromatic nitrogens is 2. The van der Waals surface area contributed by atoms with Crippen molar-refractivity contribution in [2.24, 2.45) is 5.92 Å². The lowest BCUT2D eigenvalue weighted by Crippen LogP contribution is -2.02. The van der Waals surface area contributed by atoms with Gasteiger partial charge >= 0.3 is 0 Å². The summed E-state index contributed by atoms with van der Waals surface area (Å²) in [7, 11) is -0.937. The first kappa shape index (κ1) is 11.0. The van der Waals surface area contributed by atoms with Gasteiger partial charge in [-0.3, -0.25) is 9.19 Å². The molecule has 17 heavy (non-hydrogen) atoms. The standard InChI is InChI=1S/C13H16N2OS/c1-9-13(17(2)16)11-5-6-14-7-12(11)15(9)8-10-3-4-10/h5-7,10H,3-4,8H2,1-2H3. The predicted molar refractivity (Wildman–Crippen MR) is 69.5 cm³/mol. The number of fused-ring (bicyclic) bond motifs is 1. The van der Waals surface area contributed by atoms with Crippen LogP contribution in [-0.2, 0) is 17.3 Å². The fraction of sp³-hybridized carbons (Fsp3) is 0.462. The summed E-state index contributed by atoms with van der Waals surface area (Å²) in [6, 6.07) is 1.97. The molecule has 3 rings (SSSR count). The zero-order valence-corrected chi connectivity index (χ0v) is 11.0.